The van der Waals surface area contributed by atoms with Crippen molar-refractivity contribution in [3.63, 3.8) is 0 Å². The van der Waals surface area contributed by atoms with Crippen LogP contribution >= 0.6 is 11.3 Å². The standard InChI is InChI=1S/C74H72BN3S/c1-70(2,3)48-31-34-62(54(39-48)47-23-15-12-16-24-47)78-64-46-68-55(53-29-21-22-30-67(53)79-68)43-60(64)75-61-44-58-59(74(10,11)38-37-73(58,8)9)45-63(61)77(51-32-33-56-57(40-51)72(6,7)36-35-71(56,4)5)65-41-52(42-66(78)69(65)75)76(49-25-17-13-18-26-49)50-27-19-14-20-28-50/h12-34,39-46H,35-38H2,1-11H3. The number of thiophene rings is 1. The molecule has 2 aliphatic heterocycles. The fourth-order valence-electron chi connectivity index (χ4n) is 14.3. The molecule has 0 N–H and O–H groups in total. The molecule has 14 rings (SSSR count). The van der Waals surface area contributed by atoms with Crippen molar-refractivity contribution in [3.05, 3.63) is 216 Å². The van der Waals surface area contributed by atoms with E-state index in [1.807, 2.05) is 11.3 Å². The van der Waals surface area contributed by atoms with Crippen LogP contribution in [-0.2, 0) is 27.1 Å². The summed E-state index contributed by atoms with van der Waals surface area (Å²) in [7, 11) is 0. The maximum absolute atomic E-state index is 2.72. The van der Waals surface area contributed by atoms with Gasteiger partial charge in [-0.3, -0.25) is 0 Å². The lowest BCUT2D eigenvalue weighted by molar-refractivity contribution is 0.332. The van der Waals surface area contributed by atoms with Gasteiger partial charge in [-0.2, -0.15) is 0 Å². The molecule has 79 heavy (non-hydrogen) atoms. The third-order valence-electron chi connectivity index (χ3n) is 19.1. The van der Waals surface area contributed by atoms with Crippen LogP contribution in [-0.4, -0.2) is 6.71 Å². The summed E-state index contributed by atoms with van der Waals surface area (Å²) in [5.41, 5.74) is 24.5. The zero-order valence-electron chi connectivity index (χ0n) is 48.1. The summed E-state index contributed by atoms with van der Waals surface area (Å²) in [5, 5.41) is 2.65. The molecule has 0 bridgehead atoms. The largest absolute Gasteiger partial charge is 0.311 e. The number of para-hydroxylation sites is 2. The molecule has 0 atom stereocenters. The summed E-state index contributed by atoms with van der Waals surface area (Å²) in [5.74, 6) is 0. The van der Waals surface area contributed by atoms with Crippen molar-refractivity contribution in [2.75, 3.05) is 14.7 Å². The van der Waals surface area contributed by atoms with E-state index in [-0.39, 0.29) is 33.8 Å². The van der Waals surface area contributed by atoms with E-state index in [0.717, 1.165) is 36.3 Å². The Kier molecular flexibility index (Phi) is 11.1. The lowest BCUT2D eigenvalue weighted by atomic mass is 9.33. The minimum atomic E-state index is -0.0744. The van der Waals surface area contributed by atoms with Crippen molar-refractivity contribution in [1.82, 2.24) is 0 Å². The lowest BCUT2D eigenvalue weighted by Gasteiger charge is -2.48. The zero-order chi connectivity index (χ0) is 54.5. The zero-order valence-corrected chi connectivity index (χ0v) is 48.9. The monoisotopic (exact) mass is 1050 g/mol. The van der Waals surface area contributed by atoms with Crippen LogP contribution < -0.4 is 31.1 Å². The highest BCUT2D eigenvalue weighted by Gasteiger charge is 2.48. The number of hydrogen-bond acceptors (Lipinski definition) is 4. The number of fused-ring (bicyclic) bond motifs is 9. The Balaban J connectivity index is 1.17. The topological polar surface area (TPSA) is 9.72 Å². The second-order valence-electron chi connectivity index (χ2n) is 27.1. The van der Waals surface area contributed by atoms with Crippen LogP contribution in [0.15, 0.2) is 188 Å². The molecule has 392 valence electrons. The van der Waals surface area contributed by atoms with Crippen LogP contribution in [0, 0.1) is 0 Å². The molecule has 5 heteroatoms. The van der Waals surface area contributed by atoms with E-state index in [0.29, 0.717) is 0 Å². The second kappa shape index (κ2) is 17.6. The van der Waals surface area contributed by atoms with Crippen molar-refractivity contribution >= 4 is 106 Å². The Labute approximate surface area is 473 Å². The second-order valence-corrected chi connectivity index (χ2v) is 28.2. The highest BCUT2D eigenvalue weighted by Crippen LogP contribution is 2.55. The Hall–Kier alpha value is -7.34. The Morgan fingerprint density at radius 3 is 1.58 bits per heavy atom. The van der Waals surface area contributed by atoms with Gasteiger partial charge in [0.25, 0.3) is 6.71 Å². The fraction of sp³-hybridized carbons (Fsp3) is 0.270. The molecule has 0 amide bonds. The molecular weight excluding hydrogens is 974 g/mol. The van der Waals surface area contributed by atoms with Gasteiger partial charge in [-0.1, -0.05) is 185 Å². The maximum atomic E-state index is 2.72. The quantitative estimate of drug-likeness (QED) is 0.154. The van der Waals surface area contributed by atoms with Crippen LogP contribution in [0.25, 0.3) is 31.3 Å². The van der Waals surface area contributed by atoms with Gasteiger partial charge in [-0.05, 0) is 187 Å². The van der Waals surface area contributed by atoms with Crippen molar-refractivity contribution in [3.8, 4) is 11.1 Å². The first-order chi connectivity index (χ1) is 37.8. The number of hydrogen-bond donors (Lipinski definition) is 0. The Morgan fingerprint density at radius 2 is 0.949 bits per heavy atom. The molecule has 0 fully saturated rings. The smallest absolute Gasteiger partial charge is 0.252 e. The molecule has 2 aliphatic carbocycles. The fourth-order valence-corrected chi connectivity index (χ4v) is 15.4. The molecule has 4 aliphatic rings. The van der Waals surface area contributed by atoms with E-state index in [2.05, 4.69) is 279 Å². The summed E-state index contributed by atoms with van der Waals surface area (Å²) < 4.78 is 2.62. The van der Waals surface area contributed by atoms with Gasteiger partial charge >= 0.3 is 0 Å². The van der Waals surface area contributed by atoms with E-state index in [1.165, 1.54) is 116 Å². The molecule has 0 spiro atoms. The number of nitrogens with zero attached hydrogens (tertiary/aromatic N) is 3. The van der Waals surface area contributed by atoms with E-state index in [9.17, 15) is 0 Å². The van der Waals surface area contributed by atoms with Crippen LogP contribution in [0.4, 0.5) is 51.2 Å². The molecule has 10 aromatic rings. The number of rotatable bonds is 6. The molecular formula is C74H72BN3S. The predicted octanol–water partition coefficient (Wildman–Crippen LogP) is 19.3. The van der Waals surface area contributed by atoms with Crippen molar-refractivity contribution in [2.45, 2.75) is 129 Å². The predicted molar refractivity (Wildman–Crippen MR) is 343 cm³/mol. The molecule has 3 nitrogen and oxygen atoms in total. The summed E-state index contributed by atoms with van der Waals surface area (Å²) in [6, 6.07) is 72.8. The molecule has 3 heterocycles. The van der Waals surface area contributed by atoms with Gasteiger partial charge in [-0.15, -0.1) is 11.3 Å². The highest BCUT2D eigenvalue weighted by atomic mass is 32.1. The summed E-state index contributed by atoms with van der Waals surface area (Å²) in [4.78, 5) is 7.90. The van der Waals surface area contributed by atoms with Crippen LogP contribution in [0.1, 0.15) is 130 Å². The molecule has 0 saturated heterocycles. The number of benzene rings is 9. The summed E-state index contributed by atoms with van der Waals surface area (Å²) in [6.07, 6.45) is 4.61. The average Bonchev–Trinajstić information content (AvgIpc) is 3.55. The lowest BCUT2D eigenvalue weighted by Crippen LogP contribution is -2.62. The molecule has 9 aromatic carbocycles. The third-order valence-corrected chi connectivity index (χ3v) is 20.2. The third kappa shape index (κ3) is 7.88. The highest BCUT2D eigenvalue weighted by molar-refractivity contribution is 7.26. The van der Waals surface area contributed by atoms with Gasteiger partial charge in [0.2, 0.25) is 0 Å². The average molecular weight is 1050 g/mol. The van der Waals surface area contributed by atoms with E-state index >= 15 is 0 Å². The van der Waals surface area contributed by atoms with Gasteiger partial charge in [0.15, 0.2) is 0 Å². The summed E-state index contributed by atoms with van der Waals surface area (Å²) >= 11 is 1.92. The van der Waals surface area contributed by atoms with Crippen molar-refractivity contribution in [2.24, 2.45) is 0 Å². The SMILES string of the molecule is CC(C)(C)c1ccc(N2c3cc4sc5ccccc5c4cc3B3c4cc5c(cc4N(c4ccc6c(c4)C(C)(C)CCC6(C)C)c4cc(N(c6ccccc6)c6ccccc6)cc2c43)C(C)(C)CCC5(C)C)c(-c2ccccc2)c1. The molecule has 1 aromatic heterocycles. The van der Waals surface area contributed by atoms with Crippen LogP contribution in [0.3, 0.4) is 0 Å². The van der Waals surface area contributed by atoms with Gasteiger partial charge in [-0.25, -0.2) is 0 Å². The first-order valence-electron chi connectivity index (χ1n) is 29.0. The van der Waals surface area contributed by atoms with Gasteiger partial charge in [0, 0.05) is 60.2 Å². The van der Waals surface area contributed by atoms with E-state index < -0.39 is 0 Å². The van der Waals surface area contributed by atoms with Gasteiger partial charge < -0.3 is 14.7 Å². The van der Waals surface area contributed by atoms with Gasteiger partial charge in [0.05, 0.1) is 11.4 Å². The van der Waals surface area contributed by atoms with Crippen molar-refractivity contribution < 1.29 is 0 Å². The van der Waals surface area contributed by atoms with Crippen LogP contribution in [0.5, 0.6) is 0 Å². The van der Waals surface area contributed by atoms with Crippen molar-refractivity contribution in [1.29, 1.82) is 0 Å². The van der Waals surface area contributed by atoms with E-state index in [1.54, 1.807) is 0 Å². The Morgan fingerprint density at radius 1 is 0.418 bits per heavy atom. The summed E-state index contributed by atoms with van der Waals surface area (Å²) in [6.45, 7) is 26.8. The molecule has 0 saturated carbocycles. The Bertz CT molecular complexity index is 4040. The minimum absolute atomic E-state index is 0.00139. The maximum Gasteiger partial charge on any atom is 0.252 e. The first-order valence-corrected chi connectivity index (χ1v) is 29.8. The van der Waals surface area contributed by atoms with Gasteiger partial charge in [0.1, 0.15) is 0 Å². The van der Waals surface area contributed by atoms with E-state index in [4.69, 9.17) is 0 Å². The molecule has 0 unspecified atom stereocenters. The minimum Gasteiger partial charge on any atom is -0.311 e. The molecule has 0 radical (unpaired) electrons. The number of anilines is 9. The normalized spacial score (nSPS) is 17.2. The van der Waals surface area contributed by atoms with Crippen LogP contribution in [0.2, 0.25) is 0 Å². The first kappa shape index (κ1) is 49.9.